The summed E-state index contributed by atoms with van der Waals surface area (Å²) in [6.07, 6.45) is 66.8. The zero-order valence-corrected chi connectivity index (χ0v) is 54.9. The molecule has 0 aromatic heterocycles. The van der Waals surface area contributed by atoms with Crippen LogP contribution in [-0.2, 0) is 19.3 Å². The zero-order valence-electron chi connectivity index (χ0n) is 54.9. The normalized spacial score (nSPS) is 23.4. The van der Waals surface area contributed by atoms with Crippen molar-refractivity contribution in [3.05, 3.63) is 330 Å². The topological polar surface area (TPSA) is 0 Å². The largest absolute Gasteiger partial charge is 0.0836 e. The Bertz CT molecular complexity index is 3840. The molecule has 5 aromatic rings. The van der Waals surface area contributed by atoms with E-state index in [-0.39, 0.29) is 0 Å². The Kier molecular flexibility index (Phi) is 19.6. The van der Waals surface area contributed by atoms with Crippen LogP contribution in [0.5, 0.6) is 0 Å². The number of hydrogen-bond donors (Lipinski definition) is 0. The first kappa shape index (κ1) is 61.3. The van der Waals surface area contributed by atoms with Crippen LogP contribution in [0.2, 0.25) is 0 Å². The van der Waals surface area contributed by atoms with Crippen molar-refractivity contribution in [2.24, 2.45) is 29.6 Å². The maximum Gasteiger partial charge on any atom is 0.0281 e. The van der Waals surface area contributed by atoms with Gasteiger partial charge in [0.1, 0.15) is 0 Å². The highest BCUT2D eigenvalue weighted by molar-refractivity contribution is 5.80. The minimum atomic E-state index is 0.401. The molecule has 0 heterocycles. The van der Waals surface area contributed by atoms with Gasteiger partial charge in [-0.25, -0.2) is 0 Å². The number of aryl methyl sites for hydroxylation is 3. The van der Waals surface area contributed by atoms with E-state index in [0.29, 0.717) is 17.8 Å². The van der Waals surface area contributed by atoms with E-state index in [4.69, 9.17) is 0 Å². The second-order valence-electron chi connectivity index (χ2n) is 28.5. The van der Waals surface area contributed by atoms with E-state index in [1.54, 1.807) is 16.7 Å². The fourth-order valence-electron chi connectivity index (χ4n) is 16.8. The molecule has 90 heavy (non-hydrogen) atoms. The van der Waals surface area contributed by atoms with E-state index in [2.05, 4.69) is 259 Å². The van der Waals surface area contributed by atoms with E-state index in [9.17, 15) is 0 Å². The van der Waals surface area contributed by atoms with Crippen molar-refractivity contribution in [1.82, 2.24) is 0 Å². The van der Waals surface area contributed by atoms with E-state index in [1.165, 1.54) is 203 Å². The van der Waals surface area contributed by atoms with Gasteiger partial charge >= 0.3 is 0 Å². The zero-order chi connectivity index (χ0) is 61.3. The van der Waals surface area contributed by atoms with Crippen LogP contribution in [0.25, 0.3) is 11.1 Å². The minimum Gasteiger partial charge on any atom is -0.0836 e. The summed E-state index contributed by atoms with van der Waals surface area (Å²) in [7, 11) is 0. The highest BCUT2D eigenvalue weighted by Gasteiger charge is 2.31. The molecule has 10 aliphatic carbocycles. The van der Waals surface area contributed by atoms with Crippen LogP contribution in [-0.4, -0.2) is 0 Å². The lowest BCUT2D eigenvalue weighted by Crippen LogP contribution is -2.18. The average molecular weight is 1180 g/mol. The molecular weight excluding hydrogens is 1080 g/mol. The Balaban J connectivity index is 0.000000124. The van der Waals surface area contributed by atoms with Gasteiger partial charge in [-0.1, -0.05) is 288 Å². The predicted molar refractivity (Wildman–Crippen MR) is 386 cm³/mol. The van der Waals surface area contributed by atoms with Gasteiger partial charge in [-0.3, -0.25) is 0 Å². The second kappa shape index (κ2) is 28.7. The second-order valence-corrected chi connectivity index (χ2v) is 28.5. The molecule has 3 saturated carbocycles. The molecule has 0 amide bonds. The monoisotopic (exact) mass is 1180 g/mol. The first-order chi connectivity index (χ1) is 44.1. The van der Waals surface area contributed by atoms with Crippen LogP contribution in [0.4, 0.5) is 0 Å². The molecule has 0 nitrogen and oxygen atoms in total. The molecule has 10 aliphatic rings. The smallest absolute Gasteiger partial charge is 0.0281 e. The van der Waals surface area contributed by atoms with Crippen molar-refractivity contribution in [3.8, 4) is 0 Å². The van der Waals surface area contributed by atoms with E-state index < -0.39 is 0 Å². The highest BCUT2D eigenvalue weighted by Crippen LogP contribution is 2.46. The summed E-state index contributed by atoms with van der Waals surface area (Å²) in [5.74, 6) is 5.35. The van der Waals surface area contributed by atoms with Gasteiger partial charge in [0.25, 0.3) is 0 Å². The SMILES string of the molecule is Cc1cc(CC2=CC=C(C3=CCCC=C3)C3C=CC=C23)ccc1C1CCC(C(C)C)CC1.Cc1ccc(C2=CC=C(Cc3ccc(C4CCCCC4)cc3)C3=CC=CC32)cc1.Cc1cccc(C2=CC=C(Cc3ccc(C4CCCCC4)cc3)C3=CC=CC32)c1. The lowest BCUT2D eigenvalue weighted by molar-refractivity contribution is 0.258. The van der Waals surface area contributed by atoms with Crippen LogP contribution in [0, 0.1) is 50.4 Å². The molecule has 0 saturated heterocycles. The molecule has 0 bridgehead atoms. The molecular formula is C90H98. The molecule has 458 valence electrons. The lowest BCUT2D eigenvalue weighted by atomic mass is 9.74. The summed E-state index contributed by atoms with van der Waals surface area (Å²) >= 11 is 0. The highest BCUT2D eigenvalue weighted by atomic mass is 14.3. The van der Waals surface area contributed by atoms with Crippen LogP contribution < -0.4 is 0 Å². The number of benzene rings is 5. The maximum atomic E-state index is 2.47. The van der Waals surface area contributed by atoms with Crippen LogP contribution in [0.3, 0.4) is 0 Å². The molecule has 0 heteroatoms. The number of rotatable bonds is 13. The first-order valence-corrected chi connectivity index (χ1v) is 35.3. The molecule has 0 spiro atoms. The summed E-state index contributed by atoms with van der Waals surface area (Å²) in [5.41, 5.74) is 30.4. The van der Waals surface area contributed by atoms with Gasteiger partial charge in [-0.05, 0) is 240 Å². The predicted octanol–water partition coefficient (Wildman–Crippen LogP) is 24.2. The number of fused-ring (bicyclic) bond motifs is 3. The standard InChI is InChI=1S/C32H38.2C29H30/c1-22(2)25-13-15-27(16-14-25)29-18-12-24(20-23(29)3)21-28-17-19-31(26-8-5-4-6-9-26)32-11-7-10-30(28)32;1-21-7-5-10-25(19-21)28-18-17-26(27-11-6-12-29(27)28)20-22-13-15-24(16-14-22)23-8-3-2-4-9-23;1-21-10-14-25(15-11-21)28-19-18-26(27-8-5-9-29(27)28)20-22-12-16-24(17-13-22)23-6-3-2-4-7-23/h5,7-12,17-20,22,25,27,32H,4,6,13-16,21H2,1-3H3;5-7,10-19,23,29H,2-4,8-9,20H2,1H3;5,8-19,23,29H,2-4,6-7,20H2,1H3. The van der Waals surface area contributed by atoms with Gasteiger partial charge in [-0.15, -0.1) is 0 Å². The summed E-state index contributed by atoms with van der Waals surface area (Å²) in [5, 5.41) is 0. The van der Waals surface area contributed by atoms with Crippen molar-refractivity contribution in [2.75, 3.05) is 0 Å². The summed E-state index contributed by atoms with van der Waals surface area (Å²) < 4.78 is 0. The fourth-order valence-corrected chi connectivity index (χ4v) is 16.8. The van der Waals surface area contributed by atoms with Crippen LogP contribution in [0.15, 0.2) is 269 Å². The molecule has 15 rings (SSSR count). The average Bonchev–Trinajstić information content (AvgIpc) is 1.67. The van der Waals surface area contributed by atoms with Crippen LogP contribution >= 0.6 is 0 Å². The third-order valence-electron chi connectivity index (χ3n) is 22.1. The Hall–Kier alpha value is -7.54. The third kappa shape index (κ3) is 14.3. The molecule has 0 aliphatic heterocycles. The molecule has 3 fully saturated rings. The van der Waals surface area contributed by atoms with E-state index in [0.717, 1.165) is 48.9 Å². The van der Waals surface area contributed by atoms with Crippen molar-refractivity contribution < 1.29 is 0 Å². The molecule has 3 atom stereocenters. The fraction of sp³-hybridized carbons (Fsp3) is 0.356. The maximum absolute atomic E-state index is 2.47. The van der Waals surface area contributed by atoms with Crippen molar-refractivity contribution in [1.29, 1.82) is 0 Å². The van der Waals surface area contributed by atoms with Gasteiger partial charge in [-0.2, -0.15) is 0 Å². The van der Waals surface area contributed by atoms with Gasteiger partial charge in [0.15, 0.2) is 0 Å². The van der Waals surface area contributed by atoms with Gasteiger partial charge in [0.2, 0.25) is 0 Å². The summed E-state index contributed by atoms with van der Waals surface area (Å²) in [6.45, 7) is 11.4. The van der Waals surface area contributed by atoms with Crippen molar-refractivity contribution in [2.45, 2.75) is 174 Å². The van der Waals surface area contributed by atoms with Crippen molar-refractivity contribution in [3.63, 3.8) is 0 Å². The Labute approximate surface area is 542 Å². The Morgan fingerprint density at radius 2 is 0.889 bits per heavy atom. The van der Waals surface area contributed by atoms with E-state index >= 15 is 0 Å². The van der Waals surface area contributed by atoms with Crippen LogP contribution in [0.1, 0.15) is 196 Å². The van der Waals surface area contributed by atoms with Gasteiger partial charge < -0.3 is 0 Å². The molecule has 5 aromatic carbocycles. The summed E-state index contributed by atoms with van der Waals surface area (Å²) in [4.78, 5) is 0. The van der Waals surface area contributed by atoms with Gasteiger partial charge in [0, 0.05) is 17.8 Å². The molecule has 0 N–H and O–H groups in total. The quantitative estimate of drug-likeness (QED) is 0.110. The summed E-state index contributed by atoms with van der Waals surface area (Å²) in [6, 6.07) is 44.2. The van der Waals surface area contributed by atoms with Gasteiger partial charge in [0.05, 0.1) is 0 Å². The Morgan fingerprint density at radius 3 is 1.39 bits per heavy atom. The number of hydrogen-bond acceptors (Lipinski definition) is 0. The minimum absolute atomic E-state index is 0.401. The first-order valence-electron chi connectivity index (χ1n) is 35.3. The third-order valence-corrected chi connectivity index (χ3v) is 22.1. The van der Waals surface area contributed by atoms with E-state index in [1.807, 2.05) is 0 Å². The lowest BCUT2D eigenvalue weighted by Gasteiger charge is -2.32. The number of allylic oxidation sites excluding steroid dienone is 28. The molecule has 3 unspecified atom stereocenters. The molecule has 0 radical (unpaired) electrons. The van der Waals surface area contributed by atoms with Crippen molar-refractivity contribution >= 4 is 11.1 Å². The Morgan fingerprint density at radius 1 is 0.389 bits per heavy atom.